The van der Waals surface area contributed by atoms with Gasteiger partial charge in [0.15, 0.2) is 0 Å². The van der Waals surface area contributed by atoms with Gasteiger partial charge in [0.2, 0.25) is 0 Å². The molecular formula is C5H16N4. The normalized spacial score (nSPS) is 18.0. The molecule has 0 atom stereocenters. The van der Waals surface area contributed by atoms with Gasteiger partial charge in [0.25, 0.3) is 0 Å². The van der Waals surface area contributed by atoms with Crippen LogP contribution in [-0.2, 0) is 0 Å². The number of hydrazine groups is 1. The van der Waals surface area contributed by atoms with Crippen molar-refractivity contribution in [2.24, 2.45) is 5.84 Å². The van der Waals surface area contributed by atoms with E-state index in [1.807, 2.05) is 0 Å². The molecule has 0 unspecified atom stereocenters. The fraction of sp³-hybridized carbons (Fsp3) is 1.00. The van der Waals surface area contributed by atoms with Crippen LogP contribution in [0.4, 0.5) is 0 Å². The third-order valence-electron chi connectivity index (χ3n) is 0.957. The average Bonchev–Trinajstić information content (AvgIpc) is 1.93. The maximum atomic E-state index is 4.60. The van der Waals surface area contributed by atoms with Crippen molar-refractivity contribution in [3.05, 3.63) is 0 Å². The highest BCUT2D eigenvalue weighted by Crippen LogP contribution is 1.65. The number of nitrogens with one attached hydrogen (secondary N) is 3. The second-order valence-corrected chi connectivity index (χ2v) is 1.79. The van der Waals surface area contributed by atoms with Crippen LogP contribution in [-0.4, -0.2) is 33.2 Å². The van der Waals surface area contributed by atoms with E-state index in [9.17, 15) is 0 Å². The molecule has 1 rings (SSSR count). The molecule has 1 saturated heterocycles. The van der Waals surface area contributed by atoms with Gasteiger partial charge in [-0.2, -0.15) is 0 Å². The van der Waals surface area contributed by atoms with Gasteiger partial charge in [-0.1, -0.05) is 0 Å². The van der Waals surface area contributed by atoms with Crippen LogP contribution in [0, 0.1) is 0 Å². The van der Waals surface area contributed by atoms with Gasteiger partial charge in [-0.3, -0.25) is 11.3 Å². The quantitative estimate of drug-likeness (QED) is 0.233. The molecule has 0 aliphatic carbocycles. The summed E-state index contributed by atoms with van der Waals surface area (Å²) in [6, 6.07) is 0. The van der Waals surface area contributed by atoms with Gasteiger partial charge in [0.1, 0.15) is 0 Å². The molecular weight excluding hydrogens is 116 g/mol. The van der Waals surface area contributed by atoms with Crippen molar-refractivity contribution in [2.75, 3.05) is 33.2 Å². The molecule has 0 saturated carbocycles. The highest BCUT2D eigenvalue weighted by Gasteiger charge is 1.91. The lowest BCUT2D eigenvalue weighted by Crippen LogP contribution is -2.39. The Morgan fingerprint density at radius 2 is 1.33 bits per heavy atom. The summed E-state index contributed by atoms with van der Waals surface area (Å²) in [5, 5.41) is 6.44. The minimum absolute atomic E-state index is 1.14. The molecule has 1 aliphatic rings. The monoisotopic (exact) mass is 132 g/mol. The Balaban J connectivity index is 0.000000187. The molecule has 1 aliphatic heterocycles. The molecule has 1 fully saturated rings. The molecule has 0 amide bonds. The lowest BCUT2D eigenvalue weighted by atomic mass is 10.4. The first-order valence-corrected chi connectivity index (χ1v) is 3.20. The van der Waals surface area contributed by atoms with Gasteiger partial charge in [-0.15, -0.1) is 0 Å². The average molecular weight is 132 g/mol. The molecule has 0 radical (unpaired) electrons. The summed E-state index contributed by atoms with van der Waals surface area (Å²) in [4.78, 5) is 0. The first-order valence-electron chi connectivity index (χ1n) is 3.20. The molecule has 1 heterocycles. The molecule has 0 aromatic heterocycles. The van der Waals surface area contributed by atoms with Crippen molar-refractivity contribution < 1.29 is 0 Å². The lowest BCUT2D eigenvalue weighted by molar-refractivity contribution is 0.534. The van der Waals surface area contributed by atoms with Crippen LogP contribution in [0.5, 0.6) is 0 Å². The molecule has 56 valence electrons. The number of hydrogen-bond donors (Lipinski definition) is 4. The highest BCUT2D eigenvalue weighted by atomic mass is 15.2. The maximum absolute atomic E-state index is 4.60. The van der Waals surface area contributed by atoms with Crippen molar-refractivity contribution in [3.63, 3.8) is 0 Å². The largest absolute Gasteiger partial charge is 0.314 e. The van der Waals surface area contributed by atoms with Gasteiger partial charge in [-0.05, 0) is 7.05 Å². The molecule has 9 heavy (non-hydrogen) atoms. The van der Waals surface area contributed by atoms with Gasteiger partial charge in [0, 0.05) is 26.2 Å². The zero-order chi connectivity index (χ0) is 6.95. The van der Waals surface area contributed by atoms with Crippen LogP contribution < -0.4 is 21.9 Å². The lowest BCUT2D eigenvalue weighted by Gasteiger charge is -2.11. The number of nitrogens with two attached hydrogens (primary N) is 1. The van der Waals surface area contributed by atoms with E-state index in [2.05, 4.69) is 21.9 Å². The fourth-order valence-corrected chi connectivity index (χ4v) is 0.604. The molecule has 5 N–H and O–H groups in total. The predicted octanol–water partition coefficient (Wildman–Crippen LogP) is -1.74. The first kappa shape index (κ1) is 8.84. The second kappa shape index (κ2) is 7.84. The predicted molar refractivity (Wildman–Crippen MR) is 39.0 cm³/mol. The van der Waals surface area contributed by atoms with Crippen LogP contribution in [0.25, 0.3) is 0 Å². The van der Waals surface area contributed by atoms with E-state index in [-0.39, 0.29) is 0 Å². The van der Waals surface area contributed by atoms with Gasteiger partial charge < -0.3 is 10.6 Å². The molecule has 0 bridgehead atoms. The number of hydrogen-bond acceptors (Lipinski definition) is 4. The Morgan fingerprint density at radius 1 is 1.11 bits per heavy atom. The van der Waals surface area contributed by atoms with Crippen molar-refractivity contribution in [1.29, 1.82) is 0 Å². The summed E-state index contributed by atoms with van der Waals surface area (Å²) in [5.74, 6) is 4.60. The summed E-state index contributed by atoms with van der Waals surface area (Å²) in [6.45, 7) is 4.56. The summed E-state index contributed by atoms with van der Waals surface area (Å²) in [7, 11) is 1.65. The minimum Gasteiger partial charge on any atom is -0.314 e. The van der Waals surface area contributed by atoms with E-state index >= 15 is 0 Å². The SMILES string of the molecule is C1CNCCN1.CNN. The van der Waals surface area contributed by atoms with Crippen molar-refractivity contribution in [3.8, 4) is 0 Å². The van der Waals surface area contributed by atoms with E-state index in [4.69, 9.17) is 0 Å². The number of piperazine rings is 1. The fourth-order valence-electron chi connectivity index (χ4n) is 0.604. The van der Waals surface area contributed by atoms with Gasteiger partial charge in [0.05, 0.1) is 0 Å². The van der Waals surface area contributed by atoms with Crippen molar-refractivity contribution in [2.45, 2.75) is 0 Å². The Morgan fingerprint density at radius 3 is 1.44 bits per heavy atom. The summed E-state index contributed by atoms with van der Waals surface area (Å²) in [5.41, 5.74) is 2.25. The third-order valence-corrected chi connectivity index (χ3v) is 0.957. The second-order valence-electron chi connectivity index (χ2n) is 1.79. The first-order chi connectivity index (χ1) is 4.41. The van der Waals surface area contributed by atoms with Crippen LogP contribution in [0.3, 0.4) is 0 Å². The number of rotatable bonds is 0. The Bertz CT molecular complexity index is 32.7. The van der Waals surface area contributed by atoms with E-state index in [1.54, 1.807) is 7.05 Å². The zero-order valence-electron chi connectivity index (χ0n) is 5.91. The van der Waals surface area contributed by atoms with Crippen molar-refractivity contribution >= 4 is 0 Å². The van der Waals surface area contributed by atoms with Gasteiger partial charge in [-0.25, -0.2) is 0 Å². The molecule has 0 aromatic carbocycles. The van der Waals surface area contributed by atoms with Crippen LogP contribution >= 0.6 is 0 Å². The zero-order valence-corrected chi connectivity index (χ0v) is 5.91. The minimum atomic E-state index is 1.14. The van der Waals surface area contributed by atoms with Crippen LogP contribution in [0.2, 0.25) is 0 Å². The van der Waals surface area contributed by atoms with E-state index < -0.39 is 0 Å². The molecule has 4 heteroatoms. The standard InChI is InChI=1S/C4H10N2.CH6N2/c1-2-6-4-3-5-1;1-3-2/h5-6H,1-4H2;3H,2H2,1H3. The van der Waals surface area contributed by atoms with Gasteiger partial charge >= 0.3 is 0 Å². The Labute approximate surface area is 56.2 Å². The topological polar surface area (TPSA) is 62.1 Å². The van der Waals surface area contributed by atoms with E-state index in [1.165, 1.54) is 0 Å². The van der Waals surface area contributed by atoms with Crippen LogP contribution in [0.1, 0.15) is 0 Å². The highest BCUT2D eigenvalue weighted by molar-refractivity contribution is 4.59. The smallest absolute Gasteiger partial charge is 0.00772 e. The Hall–Kier alpha value is -0.160. The summed E-state index contributed by atoms with van der Waals surface area (Å²) < 4.78 is 0. The third kappa shape index (κ3) is 7.84. The maximum Gasteiger partial charge on any atom is 0.00772 e. The molecule has 0 aromatic rings. The summed E-state index contributed by atoms with van der Waals surface area (Å²) in [6.07, 6.45) is 0. The molecule has 4 nitrogen and oxygen atoms in total. The summed E-state index contributed by atoms with van der Waals surface area (Å²) >= 11 is 0. The van der Waals surface area contributed by atoms with Crippen LogP contribution in [0.15, 0.2) is 0 Å². The van der Waals surface area contributed by atoms with E-state index in [0.717, 1.165) is 26.2 Å². The van der Waals surface area contributed by atoms with E-state index in [0.29, 0.717) is 0 Å². The van der Waals surface area contributed by atoms with Crippen molar-refractivity contribution in [1.82, 2.24) is 16.1 Å². The molecule has 0 spiro atoms. The Kier molecular flexibility index (Phi) is 7.70.